The van der Waals surface area contributed by atoms with Gasteiger partial charge in [-0.25, -0.2) is 0 Å². The number of halogens is 2. The van der Waals surface area contributed by atoms with E-state index in [1.165, 1.54) is 19.3 Å². The maximum Gasteiger partial charge on any atom is 0.254 e. The van der Waals surface area contributed by atoms with Crippen molar-refractivity contribution in [3.05, 3.63) is 32.4 Å². The fourth-order valence-corrected chi connectivity index (χ4v) is 3.64. The van der Waals surface area contributed by atoms with Gasteiger partial charge in [0.05, 0.1) is 5.56 Å². The van der Waals surface area contributed by atoms with Crippen LogP contribution in [0.4, 0.5) is 0 Å². The number of rotatable bonds is 3. The van der Waals surface area contributed by atoms with Gasteiger partial charge in [-0.2, -0.15) is 0 Å². The smallest absolute Gasteiger partial charge is 0.254 e. The lowest BCUT2D eigenvalue weighted by Crippen LogP contribution is -2.32. The molecule has 1 aliphatic heterocycles. The Morgan fingerprint density at radius 2 is 2.20 bits per heavy atom. The number of benzene rings is 1. The lowest BCUT2D eigenvalue weighted by atomic mass is 9.96. The van der Waals surface area contributed by atoms with Crippen LogP contribution in [-0.4, -0.2) is 23.9 Å². The van der Waals surface area contributed by atoms with Crippen LogP contribution in [0.15, 0.2) is 18.2 Å². The van der Waals surface area contributed by atoms with Crippen molar-refractivity contribution in [1.29, 1.82) is 0 Å². The summed E-state index contributed by atoms with van der Waals surface area (Å²) in [6, 6.07) is 5.54. The van der Waals surface area contributed by atoms with Gasteiger partial charge in [0.1, 0.15) is 0 Å². The van der Waals surface area contributed by atoms with E-state index in [1.54, 1.807) is 6.07 Å². The predicted molar refractivity (Wildman–Crippen MR) is 92.3 cm³/mol. The molecule has 0 radical (unpaired) electrons. The van der Waals surface area contributed by atoms with Crippen molar-refractivity contribution >= 4 is 40.1 Å². The van der Waals surface area contributed by atoms with E-state index in [-0.39, 0.29) is 5.91 Å². The van der Waals surface area contributed by atoms with E-state index >= 15 is 0 Å². The first-order valence-electron chi connectivity index (χ1n) is 7.36. The van der Waals surface area contributed by atoms with Crippen LogP contribution in [0.25, 0.3) is 0 Å². The highest BCUT2D eigenvalue weighted by Crippen LogP contribution is 2.25. The molecule has 0 N–H and O–H groups in total. The Bertz CT molecular complexity index is 478. The van der Waals surface area contributed by atoms with Gasteiger partial charge in [0, 0.05) is 21.7 Å². The van der Waals surface area contributed by atoms with E-state index in [1.807, 2.05) is 17.0 Å². The first-order chi connectivity index (χ1) is 9.61. The van der Waals surface area contributed by atoms with Crippen LogP contribution in [0.5, 0.6) is 0 Å². The quantitative estimate of drug-likeness (QED) is 0.649. The molecule has 1 atom stereocenters. The molecule has 1 aromatic carbocycles. The van der Waals surface area contributed by atoms with Crippen LogP contribution in [0.3, 0.4) is 0 Å². The molecule has 4 heteroatoms. The Hall–Kier alpha value is -0.290. The van der Waals surface area contributed by atoms with Crippen LogP contribution in [0, 0.1) is 9.49 Å². The zero-order chi connectivity index (χ0) is 14.5. The number of carbonyl (C=O) groups is 1. The van der Waals surface area contributed by atoms with Gasteiger partial charge in [-0.1, -0.05) is 31.4 Å². The van der Waals surface area contributed by atoms with Crippen molar-refractivity contribution in [2.24, 2.45) is 5.92 Å². The molecule has 1 aromatic rings. The van der Waals surface area contributed by atoms with Gasteiger partial charge < -0.3 is 4.90 Å². The second kappa shape index (κ2) is 7.64. The van der Waals surface area contributed by atoms with Crippen LogP contribution in [0.2, 0.25) is 5.02 Å². The Kier molecular flexibility index (Phi) is 6.15. The lowest BCUT2D eigenvalue weighted by Gasteiger charge is -2.21. The highest BCUT2D eigenvalue weighted by Gasteiger charge is 2.22. The minimum atomic E-state index is 0.133. The summed E-state index contributed by atoms with van der Waals surface area (Å²) in [6.45, 7) is 4.00. The third kappa shape index (κ3) is 4.10. The summed E-state index contributed by atoms with van der Waals surface area (Å²) in [7, 11) is 0. The van der Waals surface area contributed by atoms with Crippen molar-refractivity contribution in [1.82, 2.24) is 4.90 Å². The molecular formula is C16H21ClINO. The topological polar surface area (TPSA) is 20.3 Å². The van der Waals surface area contributed by atoms with Gasteiger partial charge in [0.15, 0.2) is 0 Å². The summed E-state index contributed by atoms with van der Waals surface area (Å²) in [5.74, 6) is 0.922. The SMILES string of the molecule is CCCC1CCCN(C(=O)c2cc(Cl)ccc2I)CC1. The lowest BCUT2D eigenvalue weighted by molar-refractivity contribution is 0.0759. The molecule has 0 spiro atoms. The van der Waals surface area contributed by atoms with Gasteiger partial charge in [-0.15, -0.1) is 0 Å². The minimum absolute atomic E-state index is 0.133. The number of hydrogen-bond acceptors (Lipinski definition) is 1. The van der Waals surface area contributed by atoms with Crippen LogP contribution >= 0.6 is 34.2 Å². The van der Waals surface area contributed by atoms with Crippen molar-refractivity contribution in [3.63, 3.8) is 0 Å². The van der Waals surface area contributed by atoms with Crippen LogP contribution in [0.1, 0.15) is 49.4 Å². The fourth-order valence-electron chi connectivity index (χ4n) is 2.90. The Labute approximate surface area is 140 Å². The van der Waals surface area contributed by atoms with Crippen LogP contribution < -0.4 is 0 Å². The molecule has 0 bridgehead atoms. The molecule has 20 heavy (non-hydrogen) atoms. The molecule has 1 saturated heterocycles. The maximum absolute atomic E-state index is 12.7. The highest BCUT2D eigenvalue weighted by molar-refractivity contribution is 14.1. The zero-order valence-corrected chi connectivity index (χ0v) is 14.8. The first-order valence-corrected chi connectivity index (χ1v) is 8.81. The van der Waals surface area contributed by atoms with Gasteiger partial charge in [-0.3, -0.25) is 4.79 Å². The molecule has 1 fully saturated rings. The predicted octanol–water partition coefficient (Wildman–Crippen LogP) is 4.99. The molecule has 0 saturated carbocycles. The van der Waals surface area contributed by atoms with Gasteiger partial charge in [0.25, 0.3) is 5.91 Å². The van der Waals surface area contributed by atoms with Crippen molar-refractivity contribution in [2.45, 2.75) is 39.0 Å². The largest absolute Gasteiger partial charge is 0.339 e. The molecule has 2 nitrogen and oxygen atoms in total. The Balaban J connectivity index is 2.07. The molecule has 1 unspecified atom stereocenters. The van der Waals surface area contributed by atoms with E-state index in [4.69, 9.17) is 11.6 Å². The van der Waals surface area contributed by atoms with E-state index in [2.05, 4.69) is 29.5 Å². The molecule has 1 amide bonds. The monoisotopic (exact) mass is 405 g/mol. The maximum atomic E-state index is 12.7. The summed E-state index contributed by atoms with van der Waals surface area (Å²) in [6.07, 6.45) is 6.04. The average Bonchev–Trinajstić information content (AvgIpc) is 2.67. The molecule has 0 aliphatic carbocycles. The number of carbonyl (C=O) groups excluding carboxylic acids is 1. The standard InChI is InChI=1S/C16H21ClINO/c1-2-4-12-5-3-9-19(10-8-12)16(20)14-11-13(17)6-7-15(14)18/h6-7,11-12H,2-5,8-10H2,1H3. The van der Waals surface area contributed by atoms with Crippen molar-refractivity contribution < 1.29 is 4.79 Å². The summed E-state index contributed by atoms with van der Waals surface area (Å²) in [5.41, 5.74) is 0.743. The Morgan fingerprint density at radius 1 is 1.40 bits per heavy atom. The first kappa shape index (κ1) is 16.1. The molecule has 1 aliphatic rings. The number of likely N-dealkylation sites (tertiary alicyclic amines) is 1. The molecular weight excluding hydrogens is 385 g/mol. The molecule has 1 heterocycles. The fraction of sp³-hybridized carbons (Fsp3) is 0.562. The summed E-state index contributed by atoms with van der Waals surface area (Å²) >= 11 is 8.23. The number of hydrogen-bond donors (Lipinski definition) is 0. The highest BCUT2D eigenvalue weighted by atomic mass is 127. The molecule has 0 aromatic heterocycles. The van der Waals surface area contributed by atoms with E-state index in [9.17, 15) is 4.79 Å². The number of amides is 1. The Morgan fingerprint density at radius 3 is 2.95 bits per heavy atom. The molecule has 110 valence electrons. The summed E-state index contributed by atoms with van der Waals surface area (Å²) in [4.78, 5) is 14.7. The third-order valence-corrected chi connectivity index (χ3v) is 5.17. The minimum Gasteiger partial charge on any atom is -0.339 e. The second-order valence-electron chi connectivity index (χ2n) is 5.50. The van der Waals surface area contributed by atoms with E-state index in [0.717, 1.165) is 41.0 Å². The normalized spacial score (nSPS) is 19.8. The van der Waals surface area contributed by atoms with Gasteiger partial charge in [-0.05, 0) is 66.0 Å². The van der Waals surface area contributed by atoms with E-state index in [0.29, 0.717) is 5.02 Å². The zero-order valence-electron chi connectivity index (χ0n) is 11.9. The van der Waals surface area contributed by atoms with Crippen molar-refractivity contribution in [2.75, 3.05) is 13.1 Å². The van der Waals surface area contributed by atoms with Gasteiger partial charge >= 0.3 is 0 Å². The molecule has 2 rings (SSSR count). The second-order valence-corrected chi connectivity index (χ2v) is 7.10. The van der Waals surface area contributed by atoms with Crippen molar-refractivity contribution in [3.8, 4) is 0 Å². The average molecular weight is 406 g/mol. The number of nitrogens with zero attached hydrogens (tertiary/aromatic N) is 1. The summed E-state index contributed by atoms with van der Waals surface area (Å²) in [5, 5.41) is 0.632. The van der Waals surface area contributed by atoms with Gasteiger partial charge in [0.2, 0.25) is 0 Å². The summed E-state index contributed by atoms with van der Waals surface area (Å²) < 4.78 is 0.978. The third-order valence-electron chi connectivity index (χ3n) is 3.99. The van der Waals surface area contributed by atoms with E-state index < -0.39 is 0 Å². The van der Waals surface area contributed by atoms with Crippen LogP contribution in [-0.2, 0) is 0 Å².